The predicted octanol–water partition coefficient (Wildman–Crippen LogP) is 3.23. The molecule has 0 bridgehead atoms. The zero-order chi connectivity index (χ0) is 19.1. The number of halogens is 1. The Kier molecular flexibility index (Phi) is 4.53. The lowest BCUT2D eigenvalue weighted by Gasteiger charge is -2.17. The monoisotopic (exact) mass is 427 g/mol. The third kappa shape index (κ3) is 3.26. The van der Waals surface area contributed by atoms with Crippen LogP contribution in [0.15, 0.2) is 35.1 Å². The maximum Gasteiger partial charge on any atom is 0.272 e. The summed E-state index contributed by atoms with van der Waals surface area (Å²) in [4.78, 5) is 27.4. The summed E-state index contributed by atoms with van der Waals surface area (Å²) in [6.07, 6.45) is 3.20. The van der Waals surface area contributed by atoms with Crippen LogP contribution < -0.4 is 5.73 Å². The molecular weight excluding hydrogens is 410 g/mol. The number of hydrogen-bond donors (Lipinski definition) is 1. The summed E-state index contributed by atoms with van der Waals surface area (Å²) in [5.41, 5.74) is 9.77. The van der Waals surface area contributed by atoms with Gasteiger partial charge in [0.1, 0.15) is 11.5 Å². The molecule has 1 aliphatic rings. The van der Waals surface area contributed by atoms with Gasteiger partial charge in [0, 0.05) is 28.7 Å². The number of carbonyl (C=O) groups is 1. The predicted molar refractivity (Wildman–Crippen MR) is 105 cm³/mol. The Morgan fingerprint density at radius 1 is 1.37 bits per heavy atom. The largest absolute Gasteiger partial charge is 0.383 e. The lowest BCUT2D eigenvalue weighted by molar-refractivity contribution is 0.0776. The molecule has 0 saturated heterocycles. The first-order valence-electron chi connectivity index (χ1n) is 8.49. The zero-order valence-corrected chi connectivity index (χ0v) is 16.5. The molecule has 0 unspecified atom stereocenters. The molecule has 0 aromatic carbocycles. The van der Waals surface area contributed by atoms with E-state index in [-0.39, 0.29) is 12.0 Å². The molecule has 0 aliphatic carbocycles. The summed E-state index contributed by atoms with van der Waals surface area (Å²) >= 11 is 3.36. The lowest BCUT2D eigenvalue weighted by atomic mass is 10.0. The third-order valence-corrected chi connectivity index (χ3v) is 5.16. The van der Waals surface area contributed by atoms with Gasteiger partial charge in [-0.05, 0) is 46.6 Å². The molecule has 3 aromatic heterocycles. The number of ether oxygens (including phenoxy) is 1. The van der Waals surface area contributed by atoms with Crippen LogP contribution >= 0.6 is 15.9 Å². The number of nitrogens with zero attached hydrogens (tertiary/aromatic N) is 4. The summed E-state index contributed by atoms with van der Waals surface area (Å²) in [5, 5.41) is 0.858. The van der Waals surface area contributed by atoms with Gasteiger partial charge in [-0.25, -0.2) is 9.97 Å². The second-order valence-electron chi connectivity index (χ2n) is 6.56. The van der Waals surface area contributed by atoms with Crippen LogP contribution in [0.1, 0.15) is 40.3 Å². The maximum atomic E-state index is 12.8. The minimum atomic E-state index is -0.181. The highest BCUT2D eigenvalue weighted by Crippen LogP contribution is 2.37. The molecule has 0 saturated carbocycles. The average molecular weight is 428 g/mol. The van der Waals surface area contributed by atoms with E-state index in [2.05, 4.69) is 30.9 Å². The second kappa shape index (κ2) is 6.86. The van der Waals surface area contributed by atoms with E-state index in [0.29, 0.717) is 30.2 Å². The van der Waals surface area contributed by atoms with E-state index in [1.807, 2.05) is 19.1 Å². The zero-order valence-electron chi connectivity index (χ0n) is 14.9. The molecule has 1 aliphatic heterocycles. The quantitative estimate of drug-likeness (QED) is 0.689. The number of anilines is 1. The van der Waals surface area contributed by atoms with Crippen molar-refractivity contribution >= 4 is 38.6 Å². The number of rotatable bonds is 3. The van der Waals surface area contributed by atoms with E-state index in [9.17, 15) is 4.79 Å². The van der Waals surface area contributed by atoms with E-state index < -0.39 is 0 Å². The number of amides is 1. The van der Waals surface area contributed by atoms with E-state index in [4.69, 9.17) is 10.5 Å². The topological polar surface area (TPSA) is 94.2 Å². The standard InChI is InChI=1S/C19H18BrN5O2/c1-10-17-14(9-27-10)13-5-15(23-7-16(13)24-18(17)21)19(26)25(2)8-12-4-3-11(20)6-22-12/h3-7,10H,8-9H2,1-2H3,(H2,21,24)/t10-/m1/s1. The fourth-order valence-corrected chi connectivity index (χ4v) is 3.53. The Bertz CT molecular complexity index is 1040. The van der Waals surface area contributed by atoms with Gasteiger partial charge in [-0.2, -0.15) is 0 Å². The van der Waals surface area contributed by atoms with Crippen molar-refractivity contribution in [1.29, 1.82) is 0 Å². The highest BCUT2D eigenvalue weighted by atomic mass is 79.9. The minimum absolute atomic E-state index is 0.102. The molecule has 27 heavy (non-hydrogen) atoms. The number of carbonyl (C=O) groups excluding carboxylic acids is 1. The number of nitrogens with two attached hydrogens (primary N) is 1. The maximum absolute atomic E-state index is 12.8. The van der Waals surface area contributed by atoms with Gasteiger partial charge < -0.3 is 15.4 Å². The lowest BCUT2D eigenvalue weighted by Crippen LogP contribution is -2.27. The summed E-state index contributed by atoms with van der Waals surface area (Å²) in [7, 11) is 1.73. The highest BCUT2D eigenvalue weighted by Gasteiger charge is 2.26. The van der Waals surface area contributed by atoms with Crippen LogP contribution in [0.2, 0.25) is 0 Å². The van der Waals surface area contributed by atoms with E-state index in [0.717, 1.165) is 26.7 Å². The van der Waals surface area contributed by atoms with Crippen LogP contribution in [0.4, 0.5) is 5.82 Å². The molecular formula is C19H18BrN5O2. The van der Waals surface area contributed by atoms with Gasteiger partial charge in [-0.15, -0.1) is 0 Å². The van der Waals surface area contributed by atoms with Crippen LogP contribution in [0.5, 0.6) is 0 Å². The van der Waals surface area contributed by atoms with Crippen LogP contribution in [-0.4, -0.2) is 32.8 Å². The first kappa shape index (κ1) is 17.8. The molecule has 8 heteroatoms. The Morgan fingerprint density at radius 3 is 2.93 bits per heavy atom. The van der Waals surface area contributed by atoms with Crippen molar-refractivity contribution in [3.63, 3.8) is 0 Å². The van der Waals surface area contributed by atoms with E-state index in [1.54, 1.807) is 30.4 Å². The van der Waals surface area contributed by atoms with Gasteiger partial charge in [0.15, 0.2) is 0 Å². The van der Waals surface area contributed by atoms with Crippen LogP contribution in [-0.2, 0) is 17.9 Å². The number of pyridine rings is 3. The summed E-state index contributed by atoms with van der Waals surface area (Å²) in [6, 6.07) is 5.55. The van der Waals surface area contributed by atoms with Gasteiger partial charge in [0.25, 0.3) is 5.91 Å². The smallest absolute Gasteiger partial charge is 0.272 e. The van der Waals surface area contributed by atoms with Crippen molar-refractivity contribution in [2.24, 2.45) is 0 Å². The van der Waals surface area contributed by atoms with E-state index >= 15 is 0 Å². The van der Waals surface area contributed by atoms with Gasteiger partial charge in [-0.3, -0.25) is 9.78 Å². The highest BCUT2D eigenvalue weighted by molar-refractivity contribution is 9.10. The van der Waals surface area contributed by atoms with Crippen LogP contribution in [0.25, 0.3) is 10.9 Å². The first-order chi connectivity index (χ1) is 12.9. The third-order valence-electron chi connectivity index (χ3n) is 4.69. The van der Waals surface area contributed by atoms with Crippen molar-refractivity contribution in [3.05, 3.63) is 57.6 Å². The molecule has 4 heterocycles. The second-order valence-corrected chi connectivity index (χ2v) is 7.47. The van der Waals surface area contributed by atoms with Crippen molar-refractivity contribution in [2.45, 2.75) is 26.2 Å². The Labute approximate surface area is 164 Å². The Balaban J connectivity index is 1.66. The van der Waals surface area contributed by atoms with Gasteiger partial charge >= 0.3 is 0 Å². The molecule has 4 rings (SSSR count). The molecule has 0 radical (unpaired) electrons. The van der Waals surface area contributed by atoms with Crippen LogP contribution in [0.3, 0.4) is 0 Å². The van der Waals surface area contributed by atoms with Gasteiger partial charge in [0.2, 0.25) is 0 Å². The van der Waals surface area contributed by atoms with Crippen molar-refractivity contribution in [3.8, 4) is 0 Å². The fraction of sp³-hybridized carbons (Fsp3) is 0.263. The summed E-state index contributed by atoms with van der Waals surface area (Å²) in [5.74, 6) is 0.279. The molecule has 3 aromatic rings. The molecule has 2 N–H and O–H groups in total. The number of aromatic nitrogens is 3. The van der Waals surface area contributed by atoms with Gasteiger partial charge in [-0.1, -0.05) is 0 Å². The molecule has 0 spiro atoms. The fourth-order valence-electron chi connectivity index (χ4n) is 3.30. The Morgan fingerprint density at radius 2 is 2.19 bits per heavy atom. The van der Waals surface area contributed by atoms with Gasteiger partial charge in [0.05, 0.1) is 36.7 Å². The SMILES string of the molecule is C[C@H]1OCc2c1c(N)nc1cnc(C(=O)N(C)Cc3ccc(Br)cn3)cc21. The van der Waals surface area contributed by atoms with Crippen molar-refractivity contribution in [2.75, 3.05) is 12.8 Å². The molecule has 1 amide bonds. The van der Waals surface area contributed by atoms with Crippen molar-refractivity contribution < 1.29 is 9.53 Å². The first-order valence-corrected chi connectivity index (χ1v) is 9.29. The Hall–Kier alpha value is -2.58. The molecule has 7 nitrogen and oxygen atoms in total. The summed E-state index contributed by atoms with van der Waals surface area (Å²) in [6.45, 7) is 2.79. The normalized spacial score (nSPS) is 15.7. The molecule has 138 valence electrons. The number of fused-ring (bicyclic) bond motifs is 3. The summed E-state index contributed by atoms with van der Waals surface area (Å²) < 4.78 is 6.60. The molecule has 1 atom stereocenters. The number of hydrogen-bond acceptors (Lipinski definition) is 6. The molecule has 0 fully saturated rings. The van der Waals surface area contributed by atoms with Crippen molar-refractivity contribution in [1.82, 2.24) is 19.9 Å². The van der Waals surface area contributed by atoms with Crippen LogP contribution in [0, 0.1) is 0 Å². The van der Waals surface area contributed by atoms with E-state index in [1.165, 1.54) is 0 Å². The number of nitrogen functional groups attached to an aromatic ring is 1. The average Bonchev–Trinajstić information content (AvgIpc) is 3.05. The minimum Gasteiger partial charge on any atom is -0.383 e.